The SMILES string of the molecule is CCCCCCC=CCCC(=O)OCC. The summed E-state index contributed by atoms with van der Waals surface area (Å²) >= 11 is 0. The largest absolute Gasteiger partial charge is 0.466 e. The van der Waals surface area contributed by atoms with Gasteiger partial charge in [0, 0.05) is 6.42 Å². The summed E-state index contributed by atoms with van der Waals surface area (Å²) in [5.74, 6) is -0.0897. The molecule has 0 fully saturated rings. The van der Waals surface area contributed by atoms with E-state index in [2.05, 4.69) is 19.1 Å². The van der Waals surface area contributed by atoms with E-state index < -0.39 is 0 Å². The predicted molar refractivity (Wildman–Crippen MR) is 63.8 cm³/mol. The molecular formula is C13H24O2. The van der Waals surface area contributed by atoms with Gasteiger partial charge in [0.25, 0.3) is 0 Å². The van der Waals surface area contributed by atoms with E-state index in [4.69, 9.17) is 4.74 Å². The number of allylic oxidation sites excluding steroid dienone is 2. The van der Waals surface area contributed by atoms with Crippen molar-refractivity contribution >= 4 is 5.97 Å². The molecule has 0 heterocycles. The van der Waals surface area contributed by atoms with Crippen LogP contribution in [-0.2, 0) is 9.53 Å². The van der Waals surface area contributed by atoms with Gasteiger partial charge in [0.2, 0.25) is 0 Å². The van der Waals surface area contributed by atoms with Crippen molar-refractivity contribution < 1.29 is 9.53 Å². The van der Waals surface area contributed by atoms with Crippen molar-refractivity contribution in [1.82, 2.24) is 0 Å². The zero-order valence-electron chi connectivity index (χ0n) is 10.1. The number of esters is 1. The number of carbonyl (C=O) groups is 1. The molecule has 0 spiro atoms. The van der Waals surface area contributed by atoms with E-state index >= 15 is 0 Å². The standard InChI is InChI=1S/C13H24O2/c1-3-5-6-7-8-9-10-11-12-13(14)15-4-2/h9-10H,3-8,11-12H2,1-2H3. The van der Waals surface area contributed by atoms with Crippen molar-refractivity contribution in [2.45, 2.75) is 58.8 Å². The maximum atomic E-state index is 11.0. The number of carbonyl (C=O) groups excluding carboxylic acids is 1. The minimum absolute atomic E-state index is 0.0897. The van der Waals surface area contributed by atoms with E-state index in [-0.39, 0.29) is 5.97 Å². The first kappa shape index (κ1) is 14.2. The lowest BCUT2D eigenvalue weighted by molar-refractivity contribution is -0.142. The quantitative estimate of drug-likeness (QED) is 0.329. The van der Waals surface area contributed by atoms with Crippen molar-refractivity contribution in [3.05, 3.63) is 12.2 Å². The number of rotatable bonds is 9. The van der Waals surface area contributed by atoms with E-state index in [1.165, 1.54) is 25.7 Å². The number of unbranched alkanes of at least 4 members (excludes halogenated alkanes) is 4. The molecule has 0 saturated heterocycles. The molecule has 0 bridgehead atoms. The molecule has 0 aliphatic heterocycles. The van der Waals surface area contributed by atoms with Crippen LogP contribution in [0.1, 0.15) is 58.8 Å². The van der Waals surface area contributed by atoms with E-state index in [1.54, 1.807) is 0 Å². The maximum Gasteiger partial charge on any atom is 0.306 e. The van der Waals surface area contributed by atoms with Crippen LogP contribution in [0.25, 0.3) is 0 Å². The lowest BCUT2D eigenvalue weighted by Crippen LogP contribution is -2.02. The minimum Gasteiger partial charge on any atom is -0.466 e. The second-order valence-corrected chi connectivity index (χ2v) is 3.66. The van der Waals surface area contributed by atoms with Gasteiger partial charge in [-0.05, 0) is 26.2 Å². The molecule has 2 nitrogen and oxygen atoms in total. The van der Waals surface area contributed by atoms with Crippen LogP contribution < -0.4 is 0 Å². The van der Waals surface area contributed by atoms with Gasteiger partial charge in [0.1, 0.15) is 0 Å². The fourth-order valence-electron chi connectivity index (χ4n) is 1.36. The Hall–Kier alpha value is -0.790. The normalized spacial score (nSPS) is 10.8. The summed E-state index contributed by atoms with van der Waals surface area (Å²) in [5.41, 5.74) is 0. The highest BCUT2D eigenvalue weighted by atomic mass is 16.5. The molecule has 0 amide bonds. The van der Waals surface area contributed by atoms with Crippen LogP contribution in [0.4, 0.5) is 0 Å². The molecule has 0 atom stereocenters. The van der Waals surface area contributed by atoms with Gasteiger partial charge in [-0.25, -0.2) is 0 Å². The second kappa shape index (κ2) is 11.3. The van der Waals surface area contributed by atoms with Gasteiger partial charge in [0.05, 0.1) is 6.61 Å². The maximum absolute atomic E-state index is 11.0. The highest BCUT2D eigenvalue weighted by Crippen LogP contribution is 2.03. The van der Waals surface area contributed by atoms with Crippen molar-refractivity contribution in [3.63, 3.8) is 0 Å². The second-order valence-electron chi connectivity index (χ2n) is 3.66. The first-order valence-corrected chi connectivity index (χ1v) is 6.11. The third kappa shape index (κ3) is 11.1. The molecule has 0 unspecified atom stereocenters. The first-order chi connectivity index (χ1) is 7.31. The van der Waals surface area contributed by atoms with Gasteiger partial charge in [-0.1, -0.05) is 38.3 Å². The van der Waals surface area contributed by atoms with Crippen LogP contribution in [0, 0.1) is 0 Å². The summed E-state index contributed by atoms with van der Waals surface area (Å²) < 4.78 is 4.83. The third-order valence-electron chi connectivity index (χ3n) is 2.21. The summed E-state index contributed by atoms with van der Waals surface area (Å²) in [6.07, 6.45) is 11.9. The summed E-state index contributed by atoms with van der Waals surface area (Å²) in [5, 5.41) is 0. The van der Waals surface area contributed by atoms with Crippen LogP contribution in [0.15, 0.2) is 12.2 Å². The van der Waals surface area contributed by atoms with Crippen molar-refractivity contribution in [2.75, 3.05) is 6.61 Å². The average molecular weight is 212 g/mol. The van der Waals surface area contributed by atoms with E-state index in [0.29, 0.717) is 13.0 Å². The fourth-order valence-corrected chi connectivity index (χ4v) is 1.36. The molecule has 0 rings (SSSR count). The smallest absolute Gasteiger partial charge is 0.306 e. The number of hydrogen-bond donors (Lipinski definition) is 0. The van der Waals surface area contributed by atoms with Crippen LogP contribution in [0.5, 0.6) is 0 Å². The Kier molecular flexibility index (Phi) is 10.7. The highest BCUT2D eigenvalue weighted by Gasteiger charge is 1.97. The Labute approximate surface area is 93.7 Å². The van der Waals surface area contributed by atoms with E-state index in [9.17, 15) is 4.79 Å². The Morgan fingerprint density at radius 2 is 1.80 bits per heavy atom. The number of ether oxygens (including phenoxy) is 1. The summed E-state index contributed by atoms with van der Waals surface area (Å²) in [6, 6.07) is 0. The first-order valence-electron chi connectivity index (χ1n) is 6.11. The van der Waals surface area contributed by atoms with Crippen molar-refractivity contribution in [1.29, 1.82) is 0 Å². The Morgan fingerprint density at radius 3 is 2.47 bits per heavy atom. The predicted octanol–water partition coefficient (Wildman–Crippen LogP) is 3.86. The van der Waals surface area contributed by atoms with Crippen LogP contribution >= 0.6 is 0 Å². The van der Waals surface area contributed by atoms with Crippen LogP contribution in [-0.4, -0.2) is 12.6 Å². The Balaban J connectivity index is 3.20. The van der Waals surface area contributed by atoms with Gasteiger partial charge < -0.3 is 4.74 Å². The van der Waals surface area contributed by atoms with Gasteiger partial charge in [0.15, 0.2) is 0 Å². The molecule has 0 saturated carbocycles. The summed E-state index contributed by atoms with van der Waals surface area (Å²) in [7, 11) is 0. The van der Waals surface area contributed by atoms with Gasteiger partial charge >= 0.3 is 5.97 Å². The zero-order chi connectivity index (χ0) is 11.4. The molecule has 88 valence electrons. The number of hydrogen-bond acceptors (Lipinski definition) is 2. The third-order valence-corrected chi connectivity index (χ3v) is 2.21. The topological polar surface area (TPSA) is 26.3 Å². The Bertz CT molecular complexity index is 173. The van der Waals surface area contributed by atoms with E-state index in [1.807, 2.05) is 6.92 Å². The van der Waals surface area contributed by atoms with Gasteiger partial charge in [-0.2, -0.15) is 0 Å². The van der Waals surface area contributed by atoms with Crippen molar-refractivity contribution in [3.8, 4) is 0 Å². The van der Waals surface area contributed by atoms with E-state index in [0.717, 1.165) is 12.8 Å². The zero-order valence-corrected chi connectivity index (χ0v) is 10.1. The molecular weight excluding hydrogens is 188 g/mol. The van der Waals surface area contributed by atoms with Gasteiger partial charge in [-0.15, -0.1) is 0 Å². The molecule has 0 aromatic rings. The molecule has 2 heteroatoms. The fraction of sp³-hybridized carbons (Fsp3) is 0.769. The van der Waals surface area contributed by atoms with Gasteiger partial charge in [-0.3, -0.25) is 4.79 Å². The molecule has 15 heavy (non-hydrogen) atoms. The minimum atomic E-state index is -0.0897. The molecule has 0 N–H and O–H groups in total. The monoisotopic (exact) mass is 212 g/mol. The molecule has 0 aliphatic carbocycles. The highest BCUT2D eigenvalue weighted by molar-refractivity contribution is 5.69. The summed E-state index contributed by atoms with van der Waals surface area (Å²) in [6.45, 7) is 4.54. The molecule has 0 aromatic heterocycles. The molecule has 0 aliphatic rings. The average Bonchev–Trinajstić information content (AvgIpc) is 2.22. The Morgan fingerprint density at radius 1 is 1.07 bits per heavy atom. The van der Waals surface area contributed by atoms with Crippen LogP contribution in [0.2, 0.25) is 0 Å². The van der Waals surface area contributed by atoms with Crippen molar-refractivity contribution in [2.24, 2.45) is 0 Å². The van der Waals surface area contributed by atoms with Crippen LogP contribution in [0.3, 0.4) is 0 Å². The molecule has 0 radical (unpaired) electrons. The molecule has 0 aromatic carbocycles. The lowest BCUT2D eigenvalue weighted by Gasteiger charge is -1.98. The summed E-state index contributed by atoms with van der Waals surface area (Å²) in [4.78, 5) is 11.0. The lowest BCUT2D eigenvalue weighted by atomic mass is 10.1.